The molecular weight excluding hydrogens is 450 g/mol. The van der Waals surface area contributed by atoms with Crippen molar-refractivity contribution in [2.45, 2.75) is 57.1 Å². The van der Waals surface area contributed by atoms with E-state index in [9.17, 15) is 14.4 Å². The standard InChI is InChI=1S/C21H27N5O4S2/c1-4-10-26-18(13-8-6-7-9-13)24-25-21(26)31-11-14(27)23-19-15(20(29)30-5-2)12(3)16(32-19)17(22)28/h4,13H,1,5-11H2,2-3H3,(H2,22,28)(H,23,27). The number of primary amides is 1. The molecule has 2 aromatic heterocycles. The minimum atomic E-state index is -0.662. The summed E-state index contributed by atoms with van der Waals surface area (Å²) in [7, 11) is 0. The van der Waals surface area contributed by atoms with Gasteiger partial charge in [0.2, 0.25) is 5.91 Å². The van der Waals surface area contributed by atoms with E-state index in [2.05, 4.69) is 22.1 Å². The van der Waals surface area contributed by atoms with Crippen molar-refractivity contribution < 1.29 is 19.1 Å². The van der Waals surface area contributed by atoms with Crippen molar-refractivity contribution in [2.24, 2.45) is 5.73 Å². The van der Waals surface area contributed by atoms with Crippen LogP contribution in [0, 0.1) is 6.92 Å². The van der Waals surface area contributed by atoms with E-state index in [-0.39, 0.29) is 33.7 Å². The van der Waals surface area contributed by atoms with E-state index in [0.717, 1.165) is 30.0 Å². The van der Waals surface area contributed by atoms with Crippen LogP contribution in [0.1, 0.15) is 69.9 Å². The van der Waals surface area contributed by atoms with Crippen LogP contribution in [-0.4, -0.2) is 44.9 Å². The summed E-state index contributed by atoms with van der Waals surface area (Å²) in [6, 6.07) is 0. The summed E-state index contributed by atoms with van der Waals surface area (Å²) in [4.78, 5) is 37.0. The molecule has 1 saturated carbocycles. The van der Waals surface area contributed by atoms with Crippen LogP contribution in [0.15, 0.2) is 17.8 Å². The number of nitrogens with one attached hydrogen (secondary N) is 1. The maximum absolute atomic E-state index is 12.7. The second-order valence-corrected chi connectivity index (χ2v) is 9.37. The molecule has 0 aromatic carbocycles. The Labute approximate surface area is 194 Å². The lowest BCUT2D eigenvalue weighted by Crippen LogP contribution is -2.17. The second kappa shape index (κ2) is 10.8. The molecular formula is C21H27N5O4S2. The number of carbonyl (C=O) groups is 3. The number of thiophene rings is 1. The largest absolute Gasteiger partial charge is 0.462 e. The third kappa shape index (κ3) is 5.21. The van der Waals surface area contributed by atoms with Crippen LogP contribution in [0.3, 0.4) is 0 Å². The summed E-state index contributed by atoms with van der Waals surface area (Å²) < 4.78 is 7.08. The zero-order chi connectivity index (χ0) is 23.3. The van der Waals surface area contributed by atoms with Gasteiger partial charge >= 0.3 is 5.97 Å². The fraction of sp³-hybridized carbons (Fsp3) is 0.476. The first kappa shape index (κ1) is 24.0. The number of ether oxygens (including phenoxy) is 1. The lowest BCUT2D eigenvalue weighted by Gasteiger charge is -2.12. The molecule has 0 bridgehead atoms. The lowest BCUT2D eigenvalue weighted by atomic mass is 10.1. The molecule has 9 nitrogen and oxygen atoms in total. The highest BCUT2D eigenvalue weighted by Crippen LogP contribution is 2.35. The van der Waals surface area contributed by atoms with Gasteiger partial charge in [-0.25, -0.2) is 4.79 Å². The Morgan fingerprint density at radius 3 is 2.69 bits per heavy atom. The molecule has 11 heteroatoms. The number of hydrogen-bond donors (Lipinski definition) is 2. The number of carbonyl (C=O) groups excluding carboxylic acids is 3. The molecule has 0 aliphatic heterocycles. The van der Waals surface area contributed by atoms with Crippen molar-refractivity contribution >= 4 is 45.9 Å². The van der Waals surface area contributed by atoms with E-state index in [0.29, 0.717) is 23.2 Å². The number of rotatable bonds is 10. The van der Waals surface area contributed by atoms with Crippen molar-refractivity contribution in [3.63, 3.8) is 0 Å². The van der Waals surface area contributed by atoms with Crippen LogP contribution in [0.4, 0.5) is 5.00 Å². The third-order valence-electron chi connectivity index (χ3n) is 5.21. The Morgan fingerprint density at radius 2 is 2.06 bits per heavy atom. The number of esters is 1. The molecule has 2 aromatic rings. The van der Waals surface area contributed by atoms with E-state index >= 15 is 0 Å². The number of hydrogen-bond acceptors (Lipinski definition) is 8. The number of allylic oxidation sites excluding steroid dienone is 1. The van der Waals surface area contributed by atoms with Crippen LogP contribution in [-0.2, 0) is 16.1 Å². The molecule has 3 rings (SSSR count). The van der Waals surface area contributed by atoms with E-state index in [1.165, 1.54) is 24.6 Å². The topological polar surface area (TPSA) is 129 Å². The highest BCUT2D eigenvalue weighted by molar-refractivity contribution is 7.99. The molecule has 0 radical (unpaired) electrons. The average Bonchev–Trinajstić information content (AvgIpc) is 3.46. The number of aromatic nitrogens is 3. The van der Waals surface area contributed by atoms with Crippen LogP contribution in [0.5, 0.6) is 0 Å². The van der Waals surface area contributed by atoms with Gasteiger partial charge in [-0.15, -0.1) is 28.1 Å². The molecule has 1 aliphatic carbocycles. The van der Waals surface area contributed by atoms with Gasteiger partial charge in [0.05, 0.1) is 22.8 Å². The normalized spacial score (nSPS) is 13.8. The first-order valence-corrected chi connectivity index (χ1v) is 12.2. The second-order valence-electron chi connectivity index (χ2n) is 7.40. The van der Waals surface area contributed by atoms with Gasteiger partial charge in [0.1, 0.15) is 10.8 Å². The number of thioether (sulfide) groups is 1. The van der Waals surface area contributed by atoms with Gasteiger partial charge < -0.3 is 20.4 Å². The summed E-state index contributed by atoms with van der Waals surface area (Å²) >= 11 is 2.23. The van der Waals surface area contributed by atoms with Crippen LogP contribution >= 0.6 is 23.1 Å². The van der Waals surface area contributed by atoms with E-state index in [1.54, 1.807) is 19.9 Å². The van der Waals surface area contributed by atoms with Gasteiger partial charge in [0.25, 0.3) is 5.91 Å². The molecule has 0 saturated heterocycles. The van der Waals surface area contributed by atoms with Crippen LogP contribution in [0.2, 0.25) is 0 Å². The maximum atomic E-state index is 12.7. The van der Waals surface area contributed by atoms with E-state index < -0.39 is 11.9 Å². The molecule has 172 valence electrons. The Bertz CT molecular complexity index is 1020. The van der Waals surface area contributed by atoms with E-state index in [1.807, 2.05) is 4.57 Å². The van der Waals surface area contributed by atoms with Crippen LogP contribution < -0.4 is 11.1 Å². The van der Waals surface area contributed by atoms with Crippen molar-refractivity contribution in [2.75, 3.05) is 17.7 Å². The van der Waals surface area contributed by atoms with Crippen molar-refractivity contribution in [3.8, 4) is 0 Å². The average molecular weight is 478 g/mol. The fourth-order valence-electron chi connectivity index (χ4n) is 3.77. The van der Waals surface area contributed by atoms with Crippen molar-refractivity contribution in [3.05, 3.63) is 34.5 Å². The van der Waals surface area contributed by atoms with E-state index in [4.69, 9.17) is 10.5 Å². The van der Waals surface area contributed by atoms with Gasteiger partial charge in [-0.2, -0.15) is 0 Å². The Kier molecular flexibility index (Phi) is 8.08. The Morgan fingerprint density at radius 1 is 1.34 bits per heavy atom. The molecule has 2 heterocycles. The predicted molar refractivity (Wildman–Crippen MR) is 124 cm³/mol. The number of nitrogens with zero attached hydrogens (tertiary/aromatic N) is 3. The lowest BCUT2D eigenvalue weighted by molar-refractivity contribution is -0.113. The zero-order valence-corrected chi connectivity index (χ0v) is 19.8. The van der Waals surface area contributed by atoms with Gasteiger partial charge in [-0.3, -0.25) is 9.59 Å². The summed E-state index contributed by atoms with van der Waals surface area (Å²) in [6.07, 6.45) is 6.35. The third-order valence-corrected chi connectivity index (χ3v) is 7.40. The highest BCUT2D eigenvalue weighted by atomic mass is 32.2. The smallest absolute Gasteiger partial charge is 0.341 e. The zero-order valence-electron chi connectivity index (χ0n) is 18.2. The minimum absolute atomic E-state index is 0.0606. The van der Waals surface area contributed by atoms with Crippen molar-refractivity contribution in [1.29, 1.82) is 0 Å². The number of anilines is 1. The number of amides is 2. The Hall–Kier alpha value is -2.66. The molecule has 3 N–H and O–H groups in total. The minimum Gasteiger partial charge on any atom is -0.462 e. The molecule has 1 aliphatic rings. The SMILES string of the molecule is C=CCn1c(SCC(=O)Nc2sc(C(N)=O)c(C)c2C(=O)OCC)nnc1C1CCCC1. The molecule has 0 spiro atoms. The molecule has 32 heavy (non-hydrogen) atoms. The first-order chi connectivity index (χ1) is 15.4. The summed E-state index contributed by atoms with van der Waals surface area (Å²) in [5, 5.41) is 12.3. The summed E-state index contributed by atoms with van der Waals surface area (Å²) in [5.41, 5.74) is 5.97. The monoisotopic (exact) mass is 477 g/mol. The molecule has 1 fully saturated rings. The van der Waals surface area contributed by atoms with Gasteiger partial charge in [0, 0.05) is 12.5 Å². The highest BCUT2D eigenvalue weighted by Gasteiger charge is 2.27. The molecule has 0 unspecified atom stereocenters. The fourth-order valence-corrected chi connectivity index (χ4v) is 5.59. The quantitative estimate of drug-likeness (QED) is 0.304. The van der Waals surface area contributed by atoms with Gasteiger partial charge in [-0.05, 0) is 32.3 Å². The van der Waals surface area contributed by atoms with Crippen molar-refractivity contribution in [1.82, 2.24) is 14.8 Å². The van der Waals surface area contributed by atoms with Gasteiger partial charge in [0.15, 0.2) is 5.16 Å². The molecule has 2 amide bonds. The number of nitrogens with two attached hydrogens (primary N) is 1. The molecule has 0 atom stereocenters. The first-order valence-electron chi connectivity index (χ1n) is 10.4. The Balaban J connectivity index is 1.74. The van der Waals surface area contributed by atoms with Crippen LogP contribution in [0.25, 0.3) is 0 Å². The summed E-state index contributed by atoms with van der Waals surface area (Å²) in [6.45, 7) is 7.85. The predicted octanol–water partition coefficient (Wildman–Crippen LogP) is 3.50. The maximum Gasteiger partial charge on any atom is 0.341 e. The van der Waals surface area contributed by atoms with Gasteiger partial charge in [-0.1, -0.05) is 30.7 Å². The summed E-state index contributed by atoms with van der Waals surface area (Å²) in [5.74, 6) is -0.221.